The molecule has 0 spiro atoms. The molecule has 160 valence electrons. The molecule has 0 aliphatic rings. The van der Waals surface area contributed by atoms with Gasteiger partial charge in [0.05, 0.1) is 10.6 Å². The highest BCUT2D eigenvalue weighted by Gasteiger charge is 2.29. The Labute approximate surface area is 179 Å². The van der Waals surface area contributed by atoms with Gasteiger partial charge in [0, 0.05) is 16.8 Å². The summed E-state index contributed by atoms with van der Waals surface area (Å²) in [5.74, 6) is 0.261. The van der Waals surface area contributed by atoms with Crippen molar-refractivity contribution < 1.29 is 17.2 Å². The maximum Gasteiger partial charge on any atom is 0.237 e. The normalized spacial score (nSPS) is 14.2. The van der Waals surface area contributed by atoms with E-state index in [2.05, 4.69) is 0 Å². The Balaban J connectivity index is 0.00000204. The molecular formula is C21H29NO4S3. The number of rotatable bonds is 6. The summed E-state index contributed by atoms with van der Waals surface area (Å²) in [5, 5.41) is -0.302. The van der Waals surface area contributed by atoms with Crippen LogP contribution in [0.3, 0.4) is 0 Å². The number of allylic oxidation sites excluding steroid dienone is 2. The summed E-state index contributed by atoms with van der Waals surface area (Å²) in [6, 6.07) is 7.89. The van der Waals surface area contributed by atoms with Gasteiger partial charge >= 0.3 is 0 Å². The van der Waals surface area contributed by atoms with E-state index < -0.39 is 18.8 Å². The molecular weight excluding hydrogens is 426 g/mol. The second kappa shape index (κ2) is 10.3. The molecule has 1 aromatic heterocycles. The highest BCUT2D eigenvalue weighted by Crippen LogP contribution is 2.30. The lowest BCUT2D eigenvalue weighted by Crippen LogP contribution is -2.18. The van der Waals surface area contributed by atoms with Crippen molar-refractivity contribution in [2.45, 2.75) is 57.4 Å². The van der Waals surface area contributed by atoms with Crippen LogP contribution in [0, 0.1) is 0 Å². The van der Waals surface area contributed by atoms with Gasteiger partial charge in [0.25, 0.3) is 0 Å². The average molecular weight is 456 g/mol. The van der Waals surface area contributed by atoms with Gasteiger partial charge in [-0.3, -0.25) is 4.55 Å². The second-order valence-corrected chi connectivity index (χ2v) is 10.8. The Morgan fingerprint density at radius 3 is 1.93 bits per heavy atom. The predicted molar refractivity (Wildman–Crippen MR) is 125 cm³/mol. The molecule has 0 aliphatic carbocycles. The van der Waals surface area contributed by atoms with Crippen LogP contribution in [0.25, 0.3) is 12.2 Å². The fraction of sp³-hybridized carbons (Fsp3) is 0.333. The monoisotopic (exact) mass is 455 g/mol. The fourth-order valence-electron chi connectivity index (χ4n) is 2.71. The van der Waals surface area contributed by atoms with Gasteiger partial charge in [-0.1, -0.05) is 58.1 Å². The minimum Gasteiger partial charge on any atom is -0.290 e. The van der Waals surface area contributed by atoms with Gasteiger partial charge in [-0.25, -0.2) is 16.6 Å². The van der Waals surface area contributed by atoms with Gasteiger partial charge < -0.3 is 0 Å². The van der Waals surface area contributed by atoms with E-state index in [4.69, 9.17) is 11.2 Å². The van der Waals surface area contributed by atoms with E-state index in [9.17, 15) is 17.2 Å². The predicted octanol–water partition coefficient (Wildman–Crippen LogP) is 5.52. The summed E-state index contributed by atoms with van der Waals surface area (Å²) in [4.78, 5) is 0.0448. The minimum atomic E-state index is -4.04. The maximum absolute atomic E-state index is 13.2. The highest BCUT2D eigenvalue weighted by molar-refractivity contribution is 8.28. The molecule has 0 radical (unpaired) electrons. The Bertz CT molecular complexity index is 1090. The van der Waals surface area contributed by atoms with Crippen LogP contribution < -0.4 is 0 Å². The zero-order chi connectivity index (χ0) is 22.4. The summed E-state index contributed by atoms with van der Waals surface area (Å²) in [5.41, 5.74) is 1.78. The zero-order valence-electron chi connectivity index (χ0n) is 17.6. The van der Waals surface area contributed by atoms with Crippen LogP contribution >= 0.6 is 0 Å². The first-order valence-corrected chi connectivity index (χ1v) is 13.3. The average Bonchev–Trinajstić information content (AvgIpc) is 3.03. The molecule has 2 aromatic rings. The molecule has 1 atom stereocenters. The van der Waals surface area contributed by atoms with Gasteiger partial charge in [-0.05, 0) is 49.6 Å². The Morgan fingerprint density at radius 2 is 1.52 bits per heavy atom. The molecule has 0 saturated carbocycles. The van der Waals surface area contributed by atoms with Crippen LogP contribution in [0.4, 0.5) is 0 Å². The topological polar surface area (TPSA) is 76.4 Å². The number of nitrogens with zero attached hydrogens (tertiary/aromatic N) is 1. The number of sulfone groups is 1. The van der Waals surface area contributed by atoms with Crippen LogP contribution in [-0.2, 0) is 30.0 Å². The van der Waals surface area contributed by atoms with Crippen molar-refractivity contribution in [3.63, 3.8) is 0 Å². The Kier molecular flexibility index (Phi) is 9.02. The maximum atomic E-state index is 13.2. The SMILES string of the molecule is C/C=C\c1cc(S(=O)(=O)c2ccc(C(C)C)cc2)n(S(=O)(O)=S)c1/C=C\C.CC. The molecule has 1 unspecified atom stereocenters. The molecule has 0 amide bonds. The van der Waals surface area contributed by atoms with Gasteiger partial charge in [0.1, 0.15) is 0 Å². The molecule has 1 aromatic carbocycles. The van der Waals surface area contributed by atoms with Crippen molar-refractivity contribution in [1.29, 1.82) is 0 Å². The van der Waals surface area contributed by atoms with Gasteiger partial charge in [-0.15, -0.1) is 0 Å². The third kappa shape index (κ3) is 5.66. The van der Waals surface area contributed by atoms with Crippen molar-refractivity contribution >= 4 is 42.1 Å². The molecule has 1 N–H and O–H groups in total. The lowest BCUT2D eigenvalue weighted by atomic mass is 10.0. The molecule has 2 rings (SSSR count). The third-order valence-electron chi connectivity index (χ3n) is 4.03. The lowest BCUT2D eigenvalue weighted by Gasteiger charge is -2.12. The van der Waals surface area contributed by atoms with Crippen molar-refractivity contribution in [3.8, 4) is 0 Å². The number of hydrogen-bond donors (Lipinski definition) is 1. The van der Waals surface area contributed by atoms with E-state index in [1.165, 1.54) is 18.2 Å². The van der Waals surface area contributed by atoms with Crippen molar-refractivity contribution in [2.75, 3.05) is 0 Å². The smallest absolute Gasteiger partial charge is 0.237 e. The van der Waals surface area contributed by atoms with Crippen LogP contribution in [0.1, 0.15) is 64.3 Å². The quantitative estimate of drug-likeness (QED) is 0.621. The molecule has 0 saturated heterocycles. The summed E-state index contributed by atoms with van der Waals surface area (Å²) in [7, 11) is -8.06. The number of benzene rings is 1. The fourth-order valence-corrected chi connectivity index (χ4v) is 5.96. The molecule has 0 fully saturated rings. The van der Waals surface area contributed by atoms with E-state index in [-0.39, 0.29) is 21.5 Å². The molecule has 0 bridgehead atoms. The van der Waals surface area contributed by atoms with E-state index in [1.54, 1.807) is 50.3 Å². The Hall–Kier alpha value is -1.74. The van der Waals surface area contributed by atoms with E-state index in [0.717, 1.165) is 9.54 Å². The van der Waals surface area contributed by atoms with Crippen molar-refractivity contribution in [3.05, 3.63) is 59.3 Å². The van der Waals surface area contributed by atoms with Gasteiger partial charge in [0.15, 0.2) is 5.03 Å². The standard InChI is InChI=1S/C19H23NO4S3.C2H6/c1-5-7-16-13-19(20(27(23,24)25)18(16)8-6-2)26(21,22)17-11-9-15(10-12-17)14(3)4;1-2/h5-14H,1-4H3,(H,23,24,25);1-2H3/b7-5-,8-6-;. The third-order valence-corrected chi connectivity index (χ3v) is 7.19. The number of hydrogen-bond acceptors (Lipinski definition) is 4. The first-order chi connectivity index (χ1) is 13.5. The molecule has 0 aliphatic heterocycles. The zero-order valence-corrected chi connectivity index (χ0v) is 20.1. The lowest BCUT2D eigenvalue weighted by molar-refractivity contribution is 0.542. The van der Waals surface area contributed by atoms with Crippen LogP contribution in [0.2, 0.25) is 0 Å². The summed E-state index contributed by atoms with van der Waals surface area (Å²) in [6.45, 7) is 11.5. The van der Waals surface area contributed by atoms with E-state index >= 15 is 0 Å². The van der Waals surface area contributed by atoms with Crippen molar-refractivity contribution in [1.82, 2.24) is 3.97 Å². The minimum absolute atomic E-state index is 0.0448. The van der Waals surface area contributed by atoms with Crippen LogP contribution in [0.5, 0.6) is 0 Å². The molecule has 5 nitrogen and oxygen atoms in total. The summed E-state index contributed by atoms with van der Waals surface area (Å²) < 4.78 is 49.7. The molecule has 29 heavy (non-hydrogen) atoms. The van der Waals surface area contributed by atoms with E-state index in [0.29, 0.717) is 5.56 Å². The van der Waals surface area contributed by atoms with Crippen LogP contribution in [0.15, 0.2) is 52.4 Å². The first kappa shape index (κ1) is 25.3. The second-order valence-electron chi connectivity index (χ2n) is 6.29. The van der Waals surface area contributed by atoms with Gasteiger partial charge in [0.2, 0.25) is 18.8 Å². The largest absolute Gasteiger partial charge is 0.290 e. The number of aromatic nitrogens is 1. The highest BCUT2D eigenvalue weighted by atomic mass is 32.8. The first-order valence-electron chi connectivity index (χ1n) is 9.38. The van der Waals surface area contributed by atoms with Crippen LogP contribution in [-0.4, -0.2) is 21.2 Å². The molecule has 8 heteroatoms. The van der Waals surface area contributed by atoms with Gasteiger partial charge in [-0.2, -0.15) is 0 Å². The summed E-state index contributed by atoms with van der Waals surface area (Å²) >= 11 is 4.74. The Morgan fingerprint density at radius 1 is 1.00 bits per heavy atom. The van der Waals surface area contributed by atoms with Crippen molar-refractivity contribution in [2.24, 2.45) is 0 Å². The molecule has 1 heterocycles. The van der Waals surface area contributed by atoms with E-state index in [1.807, 2.05) is 27.7 Å². The summed E-state index contributed by atoms with van der Waals surface area (Å²) in [6.07, 6.45) is 6.63.